The first-order valence-electron chi connectivity index (χ1n) is 11.9. The maximum Gasteiger partial charge on any atom is 0.356 e. The second kappa shape index (κ2) is 11.1. The molecule has 1 atom stereocenters. The molecule has 3 aromatic rings. The SMILES string of the molecule is CCC(=O)Nc1ccc(Oc2c(C)c(C(=O)O)nn2-c2cc(C)ccc2C)c(S(=O)(=O)N[C@H](C)CC)c1. The zero-order valence-corrected chi connectivity index (χ0v) is 22.6. The van der Waals surface area contributed by atoms with Crippen molar-refractivity contribution in [3.05, 3.63) is 58.8 Å². The molecule has 0 aliphatic carbocycles. The van der Waals surface area contributed by atoms with Gasteiger partial charge in [-0.05, 0) is 69.5 Å². The number of hydrogen-bond donors (Lipinski definition) is 3. The molecule has 0 unspecified atom stereocenters. The summed E-state index contributed by atoms with van der Waals surface area (Å²) in [5, 5.41) is 16.6. The van der Waals surface area contributed by atoms with Crippen LogP contribution in [0, 0.1) is 20.8 Å². The summed E-state index contributed by atoms with van der Waals surface area (Å²) >= 11 is 0. The third-order valence-electron chi connectivity index (χ3n) is 5.88. The van der Waals surface area contributed by atoms with Crippen molar-refractivity contribution in [2.75, 3.05) is 5.32 Å². The molecule has 0 spiro atoms. The van der Waals surface area contributed by atoms with E-state index in [1.165, 1.54) is 22.9 Å². The number of aromatic nitrogens is 2. The highest BCUT2D eigenvalue weighted by Gasteiger charge is 2.27. The molecule has 2 aromatic carbocycles. The van der Waals surface area contributed by atoms with Crippen LogP contribution in [0.5, 0.6) is 11.6 Å². The van der Waals surface area contributed by atoms with Gasteiger partial charge in [0.05, 0.1) is 5.69 Å². The normalized spacial score (nSPS) is 12.3. The van der Waals surface area contributed by atoms with E-state index < -0.39 is 16.0 Å². The summed E-state index contributed by atoms with van der Waals surface area (Å²) in [5.74, 6) is -1.50. The van der Waals surface area contributed by atoms with Gasteiger partial charge in [0.1, 0.15) is 10.6 Å². The van der Waals surface area contributed by atoms with Crippen LogP contribution in [0.2, 0.25) is 0 Å². The number of ether oxygens (including phenoxy) is 1. The topological polar surface area (TPSA) is 140 Å². The van der Waals surface area contributed by atoms with Gasteiger partial charge in [-0.15, -0.1) is 0 Å². The summed E-state index contributed by atoms with van der Waals surface area (Å²) in [6, 6.07) is 9.55. The first kappa shape index (κ1) is 27.9. The van der Waals surface area contributed by atoms with E-state index in [0.717, 1.165) is 11.1 Å². The Balaban J connectivity index is 2.22. The van der Waals surface area contributed by atoms with E-state index in [4.69, 9.17) is 4.74 Å². The Bertz CT molecular complexity index is 1450. The fraction of sp³-hybridized carbons (Fsp3) is 0.346. The zero-order chi connectivity index (χ0) is 27.5. The number of hydrogen-bond acceptors (Lipinski definition) is 6. The average molecular weight is 529 g/mol. The second-order valence-electron chi connectivity index (χ2n) is 8.88. The van der Waals surface area contributed by atoms with Crippen LogP contribution in [0.3, 0.4) is 0 Å². The van der Waals surface area contributed by atoms with E-state index in [0.29, 0.717) is 12.1 Å². The van der Waals surface area contributed by atoms with Crippen molar-refractivity contribution in [1.29, 1.82) is 0 Å². The van der Waals surface area contributed by atoms with Gasteiger partial charge in [-0.1, -0.05) is 26.0 Å². The lowest BCUT2D eigenvalue weighted by Gasteiger charge is -2.18. The molecule has 37 heavy (non-hydrogen) atoms. The van der Waals surface area contributed by atoms with Crippen LogP contribution in [0.25, 0.3) is 5.69 Å². The van der Waals surface area contributed by atoms with Gasteiger partial charge >= 0.3 is 5.97 Å². The molecule has 1 amide bonds. The Morgan fingerprint density at radius 3 is 2.43 bits per heavy atom. The van der Waals surface area contributed by atoms with Crippen LogP contribution in [0.4, 0.5) is 5.69 Å². The smallest absolute Gasteiger partial charge is 0.356 e. The summed E-state index contributed by atoms with van der Waals surface area (Å²) in [4.78, 5) is 23.6. The van der Waals surface area contributed by atoms with Crippen molar-refractivity contribution in [2.45, 2.75) is 65.3 Å². The van der Waals surface area contributed by atoms with Gasteiger partial charge in [-0.25, -0.2) is 17.9 Å². The van der Waals surface area contributed by atoms with Gasteiger partial charge in [0.15, 0.2) is 5.69 Å². The number of aromatic carboxylic acids is 1. The summed E-state index contributed by atoms with van der Waals surface area (Å²) < 4.78 is 36.8. The minimum atomic E-state index is -4.07. The van der Waals surface area contributed by atoms with E-state index in [1.807, 2.05) is 39.0 Å². The zero-order valence-electron chi connectivity index (χ0n) is 21.7. The molecule has 10 nitrogen and oxygen atoms in total. The third kappa shape index (κ3) is 6.17. The van der Waals surface area contributed by atoms with Gasteiger partial charge in [-0.2, -0.15) is 9.78 Å². The number of amides is 1. The van der Waals surface area contributed by atoms with Crippen LogP contribution < -0.4 is 14.8 Å². The maximum absolute atomic E-state index is 13.4. The molecule has 3 N–H and O–H groups in total. The molecule has 198 valence electrons. The van der Waals surface area contributed by atoms with Gasteiger partial charge in [0.2, 0.25) is 21.8 Å². The van der Waals surface area contributed by atoms with Crippen LogP contribution in [0.15, 0.2) is 41.3 Å². The highest BCUT2D eigenvalue weighted by molar-refractivity contribution is 7.89. The van der Waals surface area contributed by atoms with Gasteiger partial charge in [0.25, 0.3) is 0 Å². The molecule has 1 heterocycles. The predicted octanol–water partition coefficient (Wildman–Crippen LogP) is 4.71. The quantitative estimate of drug-likeness (QED) is 0.346. The molecule has 3 rings (SSSR count). The number of carbonyl (C=O) groups is 2. The van der Waals surface area contributed by atoms with E-state index in [9.17, 15) is 23.1 Å². The lowest BCUT2D eigenvalue weighted by molar-refractivity contribution is -0.115. The number of carbonyl (C=O) groups excluding carboxylic acids is 1. The number of carboxylic acid groups (broad SMARTS) is 1. The van der Waals surface area contributed by atoms with Crippen molar-refractivity contribution in [2.24, 2.45) is 0 Å². The van der Waals surface area contributed by atoms with Crippen molar-refractivity contribution >= 4 is 27.6 Å². The predicted molar refractivity (Wildman–Crippen MR) is 140 cm³/mol. The van der Waals surface area contributed by atoms with Crippen LogP contribution in [-0.2, 0) is 14.8 Å². The van der Waals surface area contributed by atoms with Crippen LogP contribution in [0.1, 0.15) is 60.8 Å². The molecule has 0 aliphatic rings. The average Bonchev–Trinajstić information content (AvgIpc) is 3.16. The van der Waals surface area contributed by atoms with Crippen molar-refractivity contribution in [1.82, 2.24) is 14.5 Å². The van der Waals surface area contributed by atoms with Crippen molar-refractivity contribution in [3.8, 4) is 17.3 Å². The molecule has 1 aromatic heterocycles. The number of sulfonamides is 1. The van der Waals surface area contributed by atoms with Gasteiger partial charge in [-0.3, -0.25) is 4.79 Å². The fourth-order valence-electron chi connectivity index (χ4n) is 3.56. The van der Waals surface area contributed by atoms with Crippen LogP contribution in [-0.4, -0.2) is 41.2 Å². The molecule has 0 radical (unpaired) electrons. The van der Waals surface area contributed by atoms with Crippen LogP contribution >= 0.6 is 0 Å². The molecule has 0 bridgehead atoms. The second-order valence-corrected chi connectivity index (χ2v) is 10.6. The molecule has 0 aliphatic heterocycles. The Hall–Kier alpha value is -3.70. The third-order valence-corrected chi connectivity index (χ3v) is 7.49. The molecule has 11 heteroatoms. The van der Waals surface area contributed by atoms with Gasteiger partial charge in [0, 0.05) is 23.7 Å². The summed E-state index contributed by atoms with van der Waals surface area (Å²) in [7, 11) is -4.07. The number of nitrogens with one attached hydrogen (secondary N) is 2. The first-order chi connectivity index (χ1) is 17.4. The van der Waals surface area contributed by atoms with E-state index in [1.54, 1.807) is 20.8 Å². The maximum atomic E-state index is 13.4. The minimum absolute atomic E-state index is 0.0446. The highest BCUT2D eigenvalue weighted by atomic mass is 32.2. The first-order valence-corrected chi connectivity index (χ1v) is 13.4. The standard InChI is InChI=1S/C26H32N4O6S/c1-7-17(5)29-37(34,35)22-14-19(27-23(31)8-2)11-12-21(22)36-25-18(6)24(26(32)33)28-30(25)20-13-15(3)9-10-16(20)4/h9-14,17,29H,7-8H2,1-6H3,(H,27,31)(H,32,33)/t17-/m1/s1. The highest BCUT2D eigenvalue weighted by Crippen LogP contribution is 2.36. The number of anilines is 1. The van der Waals surface area contributed by atoms with E-state index >= 15 is 0 Å². The Kier molecular flexibility index (Phi) is 8.39. The fourth-order valence-corrected chi connectivity index (χ4v) is 5.04. The molecule has 0 saturated carbocycles. The lowest BCUT2D eigenvalue weighted by atomic mass is 10.1. The largest absolute Gasteiger partial charge is 0.476 e. The molecular weight excluding hydrogens is 496 g/mol. The number of carboxylic acids is 1. The summed E-state index contributed by atoms with van der Waals surface area (Å²) in [6.45, 7) is 10.6. The number of nitrogens with zero attached hydrogens (tertiary/aromatic N) is 2. The van der Waals surface area contributed by atoms with Crippen molar-refractivity contribution in [3.63, 3.8) is 0 Å². The number of rotatable bonds is 10. The minimum Gasteiger partial charge on any atom is -0.476 e. The Morgan fingerprint density at radius 1 is 1.11 bits per heavy atom. The van der Waals surface area contributed by atoms with E-state index in [2.05, 4.69) is 15.1 Å². The molecule has 0 fully saturated rings. The summed E-state index contributed by atoms with van der Waals surface area (Å²) in [6.07, 6.45) is 0.778. The monoisotopic (exact) mass is 528 g/mol. The molecule has 0 saturated heterocycles. The number of benzene rings is 2. The molecular formula is C26H32N4O6S. The van der Waals surface area contributed by atoms with Crippen molar-refractivity contribution < 1.29 is 27.9 Å². The summed E-state index contributed by atoms with van der Waals surface area (Å²) in [5.41, 5.74) is 2.64. The Morgan fingerprint density at radius 2 is 1.81 bits per heavy atom. The van der Waals surface area contributed by atoms with E-state index in [-0.39, 0.29) is 51.8 Å². The lowest BCUT2D eigenvalue weighted by Crippen LogP contribution is -2.32. The number of aryl methyl sites for hydroxylation is 2. The van der Waals surface area contributed by atoms with Gasteiger partial charge < -0.3 is 15.2 Å². The Labute approximate surface area is 216 Å².